The van der Waals surface area contributed by atoms with Crippen molar-refractivity contribution in [3.63, 3.8) is 0 Å². The Morgan fingerprint density at radius 1 is 0.408 bits per heavy atom. The SMILES string of the molecule is CC/C=C\C/C=C\C/C=C\C/C=C\C/C=C\C/C=C\C/C=C\CCCCCCCCCC(=O)OC(COC(=O)CCCCCCCCCCCCCCCCCCCCCCCC)COC(OCC[N+](C)(C)C)C(=O)[O-]. The van der Waals surface area contributed by atoms with E-state index in [2.05, 4.69) is 98.9 Å². The topological polar surface area (TPSA) is 111 Å². The van der Waals surface area contributed by atoms with E-state index in [1.165, 1.54) is 141 Å². The van der Waals surface area contributed by atoms with Gasteiger partial charge < -0.3 is 33.3 Å². The van der Waals surface area contributed by atoms with Gasteiger partial charge in [-0.25, -0.2) is 0 Å². The number of allylic oxidation sites excluding steroid dienone is 14. The fourth-order valence-corrected chi connectivity index (χ4v) is 8.64. The average molecular weight is 1060 g/mol. The lowest BCUT2D eigenvalue weighted by atomic mass is 10.0. The summed E-state index contributed by atoms with van der Waals surface area (Å²) in [6.45, 7) is 4.65. The van der Waals surface area contributed by atoms with Crippen molar-refractivity contribution in [2.24, 2.45) is 0 Å². The maximum Gasteiger partial charge on any atom is 0.306 e. The molecule has 0 aliphatic carbocycles. The first-order valence-electron chi connectivity index (χ1n) is 31.2. The zero-order valence-electron chi connectivity index (χ0n) is 49.9. The summed E-state index contributed by atoms with van der Waals surface area (Å²) < 4.78 is 22.7. The minimum absolute atomic E-state index is 0.143. The molecule has 0 N–H and O–H groups in total. The Labute approximate surface area is 468 Å². The minimum atomic E-state index is -1.63. The second kappa shape index (κ2) is 57.6. The van der Waals surface area contributed by atoms with E-state index in [1.807, 2.05) is 21.1 Å². The Balaban J connectivity index is 4.24. The van der Waals surface area contributed by atoms with Gasteiger partial charge in [0.1, 0.15) is 13.2 Å². The van der Waals surface area contributed by atoms with Gasteiger partial charge in [0, 0.05) is 12.8 Å². The van der Waals surface area contributed by atoms with Crippen LogP contribution in [0.4, 0.5) is 0 Å². The van der Waals surface area contributed by atoms with Crippen LogP contribution in [0.2, 0.25) is 0 Å². The van der Waals surface area contributed by atoms with Crippen LogP contribution < -0.4 is 5.11 Å². The van der Waals surface area contributed by atoms with Crippen LogP contribution in [0.5, 0.6) is 0 Å². The summed E-state index contributed by atoms with van der Waals surface area (Å²) in [6.07, 6.45) is 73.5. The van der Waals surface area contributed by atoms with E-state index >= 15 is 0 Å². The maximum atomic E-state index is 12.9. The summed E-state index contributed by atoms with van der Waals surface area (Å²) in [6, 6.07) is 0. The predicted octanol–water partition coefficient (Wildman–Crippen LogP) is 17.4. The van der Waals surface area contributed by atoms with Crippen molar-refractivity contribution in [1.82, 2.24) is 0 Å². The van der Waals surface area contributed by atoms with Crippen LogP contribution in [0.25, 0.3) is 0 Å². The number of likely N-dealkylation sites (N-methyl/N-ethyl adjacent to an activating group) is 1. The van der Waals surface area contributed by atoms with Crippen LogP contribution >= 0.6 is 0 Å². The van der Waals surface area contributed by atoms with Gasteiger partial charge >= 0.3 is 11.9 Å². The Hall–Kier alpha value is -3.53. The molecule has 0 rings (SSSR count). The second-order valence-electron chi connectivity index (χ2n) is 22.0. The normalized spacial score (nSPS) is 13.3. The molecule has 2 unspecified atom stereocenters. The van der Waals surface area contributed by atoms with E-state index in [0.717, 1.165) is 89.9 Å². The number of carbonyl (C=O) groups is 3. The molecule has 0 radical (unpaired) electrons. The number of hydrogen-bond acceptors (Lipinski definition) is 8. The molecule has 2 atom stereocenters. The van der Waals surface area contributed by atoms with Gasteiger partial charge in [-0.3, -0.25) is 9.59 Å². The van der Waals surface area contributed by atoms with Gasteiger partial charge in [-0.2, -0.15) is 0 Å². The number of carboxylic acid groups (broad SMARTS) is 1. The first kappa shape index (κ1) is 72.5. The molecule has 76 heavy (non-hydrogen) atoms. The lowest BCUT2D eigenvalue weighted by molar-refractivity contribution is -0.870. The highest BCUT2D eigenvalue weighted by Gasteiger charge is 2.22. The zero-order valence-corrected chi connectivity index (χ0v) is 49.9. The third-order valence-electron chi connectivity index (χ3n) is 13.4. The molecule has 0 spiro atoms. The maximum absolute atomic E-state index is 12.9. The molecule has 9 heteroatoms. The molecule has 0 saturated heterocycles. The molecule has 0 fully saturated rings. The van der Waals surface area contributed by atoms with Crippen LogP contribution in [0.3, 0.4) is 0 Å². The number of ether oxygens (including phenoxy) is 4. The standard InChI is InChI=1S/C67H117NO8/c1-6-8-10-12-14-16-18-20-22-24-26-28-30-31-32-33-34-35-36-38-40-42-44-46-48-50-52-54-56-58-65(70)76-63(62-75-67(66(71)72)73-60-59-68(3,4)5)61-74-64(69)57-55-53-51-49-47-45-43-41-39-37-29-27-25-23-21-19-17-15-13-11-9-7-2/h8,10,14,16,20,22,26,28,31-32,34-35,38,40,63,67H,6-7,9,11-13,15,17-19,21,23-25,27,29-30,33,36-37,39,41-62H2,1-5H3/b10-8-,16-14-,22-20-,28-26-,32-31-,35-34-,40-38-. The van der Waals surface area contributed by atoms with Crippen LogP contribution in [0.15, 0.2) is 85.1 Å². The summed E-state index contributed by atoms with van der Waals surface area (Å²) in [5, 5.41) is 11.8. The summed E-state index contributed by atoms with van der Waals surface area (Å²) in [5.41, 5.74) is 0. The van der Waals surface area contributed by atoms with Crippen LogP contribution in [0.1, 0.15) is 264 Å². The number of carbonyl (C=O) groups excluding carboxylic acids is 3. The van der Waals surface area contributed by atoms with Crippen molar-refractivity contribution in [2.75, 3.05) is 47.5 Å². The molecule has 438 valence electrons. The van der Waals surface area contributed by atoms with Crippen molar-refractivity contribution in [2.45, 2.75) is 277 Å². The number of unbranched alkanes of at least 4 members (excludes halogenated alkanes) is 28. The fourth-order valence-electron chi connectivity index (χ4n) is 8.64. The van der Waals surface area contributed by atoms with Gasteiger partial charge in [0.25, 0.3) is 0 Å². The largest absolute Gasteiger partial charge is 0.545 e. The van der Waals surface area contributed by atoms with Crippen molar-refractivity contribution in [3.8, 4) is 0 Å². The van der Waals surface area contributed by atoms with Gasteiger partial charge in [0.05, 0.1) is 40.3 Å². The molecule has 9 nitrogen and oxygen atoms in total. The highest BCUT2D eigenvalue weighted by Crippen LogP contribution is 2.17. The van der Waals surface area contributed by atoms with Crippen LogP contribution in [-0.2, 0) is 33.3 Å². The predicted molar refractivity (Wildman–Crippen MR) is 320 cm³/mol. The molecule has 0 aromatic rings. The van der Waals surface area contributed by atoms with Crippen molar-refractivity contribution in [3.05, 3.63) is 85.1 Å². The molecule has 0 aliphatic rings. The van der Waals surface area contributed by atoms with Crippen LogP contribution in [0, 0.1) is 0 Å². The molecule has 0 aromatic heterocycles. The molecule has 0 heterocycles. The van der Waals surface area contributed by atoms with Gasteiger partial charge in [0.2, 0.25) is 0 Å². The Bertz CT molecular complexity index is 1520. The van der Waals surface area contributed by atoms with E-state index in [0.29, 0.717) is 17.4 Å². The molecule has 0 aliphatic heterocycles. The smallest absolute Gasteiger partial charge is 0.306 e. The second-order valence-corrected chi connectivity index (χ2v) is 22.0. The number of quaternary nitrogens is 1. The van der Waals surface area contributed by atoms with E-state index in [1.54, 1.807) is 0 Å². The highest BCUT2D eigenvalue weighted by atomic mass is 16.7. The van der Waals surface area contributed by atoms with Crippen molar-refractivity contribution >= 4 is 17.9 Å². The minimum Gasteiger partial charge on any atom is -0.545 e. The molecule has 0 aromatic carbocycles. The molecular formula is C67H117NO8. The van der Waals surface area contributed by atoms with Crippen LogP contribution in [-0.4, -0.2) is 82.3 Å². The van der Waals surface area contributed by atoms with Gasteiger partial charge in [-0.05, 0) is 70.6 Å². The summed E-state index contributed by atoms with van der Waals surface area (Å²) in [7, 11) is 5.92. The lowest BCUT2D eigenvalue weighted by Crippen LogP contribution is -2.44. The highest BCUT2D eigenvalue weighted by molar-refractivity contribution is 5.70. The number of esters is 2. The van der Waals surface area contributed by atoms with Gasteiger partial charge in [0.15, 0.2) is 12.4 Å². The number of aliphatic carboxylic acids is 1. The molecule has 0 saturated carbocycles. The number of carboxylic acids is 1. The summed E-state index contributed by atoms with van der Waals surface area (Å²) >= 11 is 0. The van der Waals surface area contributed by atoms with E-state index in [-0.39, 0.29) is 38.6 Å². The number of hydrogen-bond donors (Lipinski definition) is 0. The Morgan fingerprint density at radius 3 is 1.12 bits per heavy atom. The Kier molecular flexibility index (Phi) is 55.0. The monoisotopic (exact) mass is 1060 g/mol. The van der Waals surface area contributed by atoms with Crippen molar-refractivity contribution in [1.29, 1.82) is 0 Å². The molecular weight excluding hydrogens is 947 g/mol. The average Bonchev–Trinajstić information content (AvgIpc) is 3.39. The zero-order chi connectivity index (χ0) is 55.5. The first-order valence-corrected chi connectivity index (χ1v) is 31.2. The van der Waals surface area contributed by atoms with Crippen molar-refractivity contribution < 1.29 is 42.9 Å². The van der Waals surface area contributed by atoms with Gasteiger partial charge in [-0.1, -0.05) is 266 Å². The fraction of sp³-hybridized carbons (Fsp3) is 0.746. The summed E-state index contributed by atoms with van der Waals surface area (Å²) in [5.74, 6) is -2.29. The quantitative estimate of drug-likeness (QED) is 0.0195. The van der Waals surface area contributed by atoms with E-state index < -0.39 is 24.3 Å². The molecule has 0 bridgehead atoms. The van der Waals surface area contributed by atoms with E-state index in [9.17, 15) is 19.5 Å². The number of nitrogens with zero attached hydrogens (tertiary/aromatic N) is 1. The van der Waals surface area contributed by atoms with E-state index in [4.69, 9.17) is 18.9 Å². The molecule has 0 amide bonds. The third-order valence-corrected chi connectivity index (χ3v) is 13.4. The number of rotatable bonds is 57. The van der Waals surface area contributed by atoms with Gasteiger partial charge in [-0.15, -0.1) is 0 Å². The Morgan fingerprint density at radius 2 is 0.750 bits per heavy atom. The first-order chi connectivity index (χ1) is 37.1. The lowest BCUT2D eigenvalue weighted by Gasteiger charge is -2.26. The third kappa shape index (κ3) is 58.2. The summed E-state index contributed by atoms with van der Waals surface area (Å²) in [4.78, 5) is 37.4.